The summed E-state index contributed by atoms with van der Waals surface area (Å²) in [6.45, 7) is 0. The highest BCUT2D eigenvalue weighted by molar-refractivity contribution is 6.13. The molecule has 7 heteroatoms. The van der Waals surface area contributed by atoms with Crippen LogP contribution in [0.3, 0.4) is 0 Å². The molecular formula is C15H10N2O5. The summed E-state index contributed by atoms with van der Waals surface area (Å²) in [6.07, 6.45) is 1.41. The van der Waals surface area contributed by atoms with E-state index in [-0.39, 0.29) is 11.3 Å². The number of aromatic carboxylic acids is 1. The molecule has 1 fully saturated rings. The number of imide groups is 1. The van der Waals surface area contributed by atoms with Gasteiger partial charge in [-0.1, -0.05) is 12.1 Å². The lowest BCUT2D eigenvalue weighted by molar-refractivity contribution is -0.115. The fourth-order valence-corrected chi connectivity index (χ4v) is 1.99. The molecule has 0 atom stereocenters. The number of furan rings is 1. The number of amides is 3. The van der Waals surface area contributed by atoms with Gasteiger partial charge in [0.05, 0.1) is 5.56 Å². The molecule has 0 saturated carbocycles. The molecule has 1 aliphatic heterocycles. The lowest BCUT2D eigenvalue weighted by atomic mass is 10.1. The number of hydrogen-bond donors (Lipinski definition) is 3. The van der Waals surface area contributed by atoms with Gasteiger partial charge in [-0.05, 0) is 24.3 Å². The Kier molecular flexibility index (Phi) is 3.23. The fraction of sp³-hybridized carbons (Fsp3) is 0. The van der Waals surface area contributed by atoms with Crippen LogP contribution in [-0.2, 0) is 4.79 Å². The van der Waals surface area contributed by atoms with E-state index in [0.717, 1.165) is 0 Å². The maximum atomic E-state index is 11.4. The highest BCUT2D eigenvalue weighted by Gasteiger charge is 2.23. The quantitative estimate of drug-likeness (QED) is 0.591. The standard InChI is InChI=1S/C15H10N2O5/c18-13-11(16-15(21)17-13)7-10-5-6-12(22-10)8-1-3-9(4-2-8)14(19)20/h1-7H,(H,19,20)(H2,16,17,18,21). The summed E-state index contributed by atoms with van der Waals surface area (Å²) in [7, 11) is 0. The minimum atomic E-state index is -1.00. The Morgan fingerprint density at radius 2 is 1.77 bits per heavy atom. The van der Waals surface area contributed by atoms with E-state index in [4.69, 9.17) is 9.52 Å². The number of nitrogens with one attached hydrogen (secondary N) is 2. The molecule has 0 aliphatic carbocycles. The summed E-state index contributed by atoms with van der Waals surface area (Å²) in [4.78, 5) is 33.2. The van der Waals surface area contributed by atoms with Crippen LogP contribution in [0, 0.1) is 0 Å². The lowest BCUT2D eigenvalue weighted by Gasteiger charge is -1.98. The fourth-order valence-electron chi connectivity index (χ4n) is 1.99. The largest absolute Gasteiger partial charge is 0.478 e. The van der Waals surface area contributed by atoms with Crippen LogP contribution in [0.2, 0.25) is 0 Å². The SMILES string of the molecule is O=C1NC(=O)C(=Cc2ccc(-c3ccc(C(=O)O)cc3)o2)N1. The van der Waals surface area contributed by atoms with Gasteiger partial charge in [0.25, 0.3) is 5.91 Å². The molecule has 110 valence electrons. The topological polar surface area (TPSA) is 109 Å². The van der Waals surface area contributed by atoms with E-state index in [0.29, 0.717) is 17.1 Å². The molecule has 0 radical (unpaired) electrons. The minimum absolute atomic E-state index is 0.104. The van der Waals surface area contributed by atoms with Crippen molar-refractivity contribution >= 4 is 24.0 Å². The van der Waals surface area contributed by atoms with Gasteiger partial charge in [0.1, 0.15) is 17.2 Å². The first-order valence-corrected chi connectivity index (χ1v) is 6.30. The first-order chi connectivity index (χ1) is 10.5. The van der Waals surface area contributed by atoms with Crippen LogP contribution in [-0.4, -0.2) is 23.0 Å². The zero-order chi connectivity index (χ0) is 15.7. The van der Waals surface area contributed by atoms with Crippen LogP contribution in [0.1, 0.15) is 16.1 Å². The van der Waals surface area contributed by atoms with Gasteiger partial charge >= 0.3 is 12.0 Å². The first-order valence-electron chi connectivity index (χ1n) is 6.30. The summed E-state index contributed by atoms with van der Waals surface area (Å²) in [5, 5.41) is 13.3. The smallest absolute Gasteiger partial charge is 0.335 e. The molecule has 0 unspecified atom stereocenters. The molecular weight excluding hydrogens is 288 g/mol. The second-order valence-corrected chi connectivity index (χ2v) is 4.55. The van der Waals surface area contributed by atoms with Crippen molar-refractivity contribution in [3.63, 3.8) is 0 Å². The molecule has 2 heterocycles. The van der Waals surface area contributed by atoms with Gasteiger partial charge in [-0.15, -0.1) is 0 Å². The molecule has 1 aromatic carbocycles. The molecule has 22 heavy (non-hydrogen) atoms. The Morgan fingerprint density at radius 1 is 1.05 bits per heavy atom. The molecule has 1 saturated heterocycles. The van der Waals surface area contributed by atoms with Gasteiger partial charge < -0.3 is 14.8 Å². The highest BCUT2D eigenvalue weighted by Crippen LogP contribution is 2.24. The number of hydrogen-bond acceptors (Lipinski definition) is 4. The number of carbonyl (C=O) groups is 3. The molecule has 3 N–H and O–H groups in total. The van der Waals surface area contributed by atoms with Crippen molar-refractivity contribution in [3.05, 3.63) is 53.4 Å². The Morgan fingerprint density at radius 3 is 2.36 bits per heavy atom. The predicted octanol–water partition coefficient (Wildman–Crippen LogP) is 1.83. The predicted molar refractivity (Wildman–Crippen MR) is 75.8 cm³/mol. The van der Waals surface area contributed by atoms with E-state index in [9.17, 15) is 14.4 Å². The van der Waals surface area contributed by atoms with Crippen LogP contribution in [0.25, 0.3) is 17.4 Å². The third kappa shape index (κ3) is 2.59. The van der Waals surface area contributed by atoms with Crippen LogP contribution >= 0.6 is 0 Å². The second-order valence-electron chi connectivity index (χ2n) is 4.55. The maximum Gasteiger partial charge on any atom is 0.335 e. The average molecular weight is 298 g/mol. The lowest BCUT2D eigenvalue weighted by Crippen LogP contribution is -2.22. The van der Waals surface area contributed by atoms with Gasteiger partial charge in [0.15, 0.2) is 0 Å². The minimum Gasteiger partial charge on any atom is -0.478 e. The summed E-state index contributed by atoms with van der Waals surface area (Å²) in [5.74, 6) is -0.605. The second kappa shape index (κ2) is 5.21. The Labute approximate surface area is 124 Å². The summed E-state index contributed by atoms with van der Waals surface area (Å²) in [5.41, 5.74) is 0.990. The van der Waals surface area contributed by atoms with Crippen LogP contribution in [0.15, 0.2) is 46.5 Å². The molecule has 3 rings (SSSR count). The number of carbonyl (C=O) groups excluding carboxylic acids is 2. The van der Waals surface area contributed by atoms with Gasteiger partial charge in [0.2, 0.25) is 0 Å². The van der Waals surface area contributed by atoms with Gasteiger partial charge in [-0.25, -0.2) is 9.59 Å². The zero-order valence-corrected chi connectivity index (χ0v) is 11.1. The van der Waals surface area contributed by atoms with Gasteiger partial charge in [-0.2, -0.15) is 0 Å². The summed E-state index contributed by atoms with van der Waals surface area (Å²) < 4.78 is 5.56. The van der Waals surface area contributed by atoms with Crippen molar-refractivity contribution in [2.75, 3.05) is 0 Å². The van der Waals surface area contributed by atoms with Crippen LogP contribution in [0.4, 0.5) is 4.79 Å². The summed E-state index contributed by atoms with van der Waals surface area (Å²) in [6, 6.07) is 8.97. The molecule has 0 spiro atoms. The normalized spacial score (nSPS) is 15.7. The van der Waals surface area contributed by atoms with Crippen molar-refractivity contribution in [2.24, 2.45) is 0 Å². The Bertz CT molecular complexity index is 802. The molecule has 1 aromatic heterocycles. The molecule has 7 nitrogen and oxygen atoms in total. The molecule has 0 bridgehead atoms. The number of carboxylic acids is 1. The van der Waals surface area contributed by atoms with E-state index in [1.165, 1.54) is 18.2 Å². The number of carboxylic acid groups (broad SMARTS) is 1. The third-order valence-corrected chi connectivity index (χ3v) is 3.05. The maximum absolute atomic E-state index is 11.4. The van der Waals surface area contributed by atoms with E-state index < -0.39 is 17.9 Å². The highest BCUT2D eigenvalue weighted by atomic mass is 16.4. The number of benzene rings is 1. The van der Waals surface area contributed by atoms with Gasteiger partial charge in [-0.3, -0.25) is 10.1 Å². The van der Waals surface area contributed by atoms with Crippen molar-refractivity contribution in [1.29, 1.82) is 0 Å². The van der Waals surface area contributed by atoms with Crippen molar-refractivity contribution < 1.29 is 23.9 Å². The number of urea groups is 1. The van der Waals surface area contributed by atoms with E-state index >= 15 is 0 Å². The van der Waals surface area contributed by atoms with E-state index in [1.807, 2.05) is 0 Å². The molecule has 3 amide bonds. The molecule has 1 aliphatic rings. The Balaban J connectivity index is 1.85. The van der Waals surface area contributed by atoms with Crippen LogP contribution in [0.5, 0.6) is 0 Å². The zero-order valence-electron chi connectivity index (χ0n) is 11.1. The number of rotatable bonds is 3. The average Bonchev–Trinajstić information content (AvgIpc) is 3.06. The van der Waals surface area contributed by atoms with E-state index in [2.05, 4.69) is 10.6 Å². The van der Waals surface area contributed by atoms with Crippen molar-refractivity contribution in [2.45, 2.75) is 0 Å². The Hall–Kier alpha value is -3.35. The monoisotopic (exact) mass is 298 g/mol. The third-order valence-electron chi connectivity index (χ3n) is 3.05. The van der Waals surface area contributed by atoms with Crippen molar-refractivity contribution in [3.8, 4) is 11.3 Å². The first kappa shape index (κ1) is 13.6. The van der Waals surface area contributed by atoms with Crippen molar-refractivity contribution in [1.82, 2.24) is 10.6 Å². The van der Waals surface area contributed by atoms with Crippen LogP contribution < -0.4 is 10.6 Å². The van der Waals surface area contributed by atoms with E-state index in [1.54, 1.807) is 24.3 Å². The summed E-state index contributed by atoms with van der Waals surface area (Å²) >= 11 is 0. The van der Waals surface area contributed by atoms with Gasteiger partial charge in [0, 0.05) is 11.6 Å². The molecule has 2 aromatic rings.